The molecule has 0 aromatic heterocycles. The molecular formula is C21H22F4N2O. The van der Waals surface area contributed by atoms with Crippen LogP contribution < -0.4 is 5.32 Å². The first-order valence-electron chi connectivity index (χ1n) is 9.24. The van der Waals surface area contributed by atoms with Crippen molar-refractivity contribution in [1.82, 2.24) is 10.2 Å². The maximum atomic E-state index is 14.1. The monoisotopic (exact) mass is 394 g/mol. The largest absolute Gasteiger partial charge is 0.416 e. The van der Waals surface area contributed by atoms with E-state index in [1.807, 2.05) is 30.3 Å². The molecule has 0 spiro atoms. The number of carbonyl (C=O) groups excluding carboxylic acids is 1. The predicted octanol–water partition coefficient (Wildman–Crippen LogP) is 4.52. The molecule has 1 N–H and O–H groups in total. The number of nitrogens with zero attached hydrogens (tertiary/aromatic N) is 1. The van der Waals surface area contributed by atoms with Gasteiger partial charge in [-0.1, -0.05) is 36.4 Å². The molecule has 2 aromatic carbocycles. The number of carbonyl (C=O) groups is 1. The van der Waals surface area contributed by atoms with Gasteiger partial charge in [0, 0.05) is 31.1 Å². The van der Waals surface area contributed by atoms with Gasteiger partial charge in [0.15, 0.2) is 0 Å². The van der Waals surface area contributed by atoms with Crippen LogP contribution in [0.25, 0.3) is 0 Å². The molecule has 1 aliphatic heterocycles. The van der Waals surface area contributed by atoms with Gasteiger partial charge >= 0.3 is 6.18 Å². The first-order chi connectivity index (χ1) is 13.3. The Balaban J connectivity index is 1.57. The van der Waals surface area contributed by atoms with Crippen LogP contribution in [0.3, 0.4) is 0 Å². The topological polar surface area (TPSA) is 32.3 Å². The van der Waals surface area contributed by atoms with Crippen molar-refractivity contribution in [2.24, 2.45) is 0 Å². The lowest BCUT2D eigenvalue weighted by atomic mass is 10.1. The van der Waals surface area contributed by atoms with Gasteiger partial charge in [-0.3, -0.25) is 4.79 Å². The Kier molecular flexibility index (Phi) is 6.34. The Labute approximate surface area is 161 Å². The van der Waals surface area contributed by atoms with Crippen molar-refractivity contribution in [3.63, 3.8) is 0 Å². The highest BCUT2D eigenvalue weighted by Gasteiger charge is 2.33. The van der Waals surface area contributed by atoms with E-state index in [1.54, 1.807) is 4.90 Å². The lowest BCUT2D eigenvalue weighted by Gasteiger charge is -2.25. The van der Waals surface area contributed by atoms with Crippen LogP contribution in [0.4, 0.5) is 17.6 Å². The van der Waals surface area contributed by atoms with Crippen molar-refractivity contribution >= 4 is 5.91 Å². The van der Waals surface area contributed by atoms with Gasteiger partial charge in [-0.25, -0.2) is 4.39 Å². The number of alkyl halides is 3. The molecule has 7 heteroatoms. The van der Waals surface area contributed by atoms with E-state index in [-0.39, 0.29) is 24.1 Å². The second-order valence-corrected chi connectivity index (χ2v) is 6.97. The Bertz CT molecular complexity index is 808. The summed E-state index contributed by atoms with van der Waals surface area (Å²) in [5.41, 5.74) is 0.238. The smallest absolute Gasteiger partial charge is 0.335 e. The summed E-state index contributed by atoms with van der Waals surface area (Å²) in [5, 5.41) is 3.33. The summed E-state index contributed by atoms with van der Waals surface area (Å²) in [7, 11) is 0. The van der Waals surface area contributed by atoms with E-state index in [1.165, 1.54) is 0 Å². The third kappa shape index (κ3) is 5.10. The fourth-order valence-corrected chi connectivity index (χ4v) is 3.44. The van der Waals surface area contributed by atoms with Gasteiger partial charge in [0.1, 0.15) is 5.82 Å². The van der Waals surface area contributed by atoms with Crippen molar-refractivity contribution in [1.29, 1.82) is 0 Å². The summed E-state index contributed by atoms with van der Waals surface area (Å²) in [6.07, 6.45) is -2.82. The highest BCUT2D eigenvalue weighted by atomic mass is 19.4. The van der Waals surface area contributed by atoms with Gasteiger partial charge in [0.25, 0.3) is 0 Å². The van der Waals surface area contributed by atoms with Crippen molar-refractivity contribution in [3.05, 3.63) is 71.0 Å². The molecule has 0 aliphatic carbocycles. The molecular weight excluding hydrogens is 372 g/mol. The zero-order valence-corrected chi connectivity index (χ0v) is 15.3. The fraction of sp³-hybridized carbons (Fsp3) is 0.381. The van der Waals surface area contributed by atoms with E-state index >= 15 is 0 Å². The maximum Gasteiger partial charge on any atom is 0.416 e. The molecule has 1 aliphatic rings. The van der Waals surface area contributed by atoms with E-state index in [0.29, 0.717) is 31.9 Å². The number of benzene rings is 2. The number of hydrogen-bond acceptors (Lipinski definition) is 2. The highest BCUT2D eigenvalue weighted by Crippen LogP contribution is 2.31. The van der Waals surface area contributed by atoms with E-state index in [9.17, 15) is 22.4 Å². The van der Waals surface area contributed by atoms with Crippen molar-refractivity contribution in [2.45, 2.75) is 44.6 Å². The normalized spacial score (nSPS) is 17.4. The molecule has 0 saturated carbocycles. The minimum atomic E-state index is -4.59. The predicted molar refractivity (Wildman–Crippen MR) is 97.7 cm³/mol. The van der Waals surface area contributed by atoms with Crippen molar-refractivity contribution in [2.75, 3.05) is 6.54 Å². The quantitative estimate of drug-likeness (QED) is 0.553. The van der Waals surface area contributed by atoms with Gasteiger partial charge in [0.2, 0.25) is 5.91 Å². The molecule has 0 radical (unpaired) electrons. The van der Waals surface area contributed by atoms with Gasteiger partial charge < -0.3 is 10.2 Å². The van der Waals surface area contributed by atoms with E-state index in [4.69, 9.17) is 0 Å². The summed E-state index contributed by atoms with van der Waals surface area (Å²) in [5.74, 6) is -1.03. The molecule has 3 nitrogen and oxygen atoms in total. The van der Waals surface area contributed by atoms with Crippen LogP contribution >= 0.6 is 0 Å². The number of halogens is 4. The van der Waals surface area contributed by atoms with E-state index in [2.05, 4.69) is 5.32 Å². The van der Waals surface area contributed by atoms with Gasteiger partial charge in [-0.05, 0) is 37.1 Å². The zero-order chi connectivity index (χ0) is 20.1. The van der Waals surface area contributed by atoms with Crippen molar-refractivity contribution < 1.29 is 22.4 Å². The molecule has 0 unspecified atom stereocenters. The van der Waals surface area contributed by atoms with Crippen molar-refractivity contribution in [3.8, 4) is 0 Å². The van der Waals surface area contributed by atoms with Gasteiger partial charge in [-0.2, -0.15) is 13.2 Å². The van der Waals surface area contributed by atoms with Crippen LogP contribution in [0.2, 0.25) is 0 Å². The van der Waals surface area contributed by atoms with E-state index < -0.39 is 17.6 Å². The summed E-state index contributed by atoms with van der Waals surface area (Å²) in [6.45, 7) is 1.40. The third-order valence-electron chi connectivity index (χ3n) is 5.00. The summed E-state index contributed by atoms with van der Waals surface area (Å²) >= 11 is 0. The second kappa shape index (κ2) is 8.73. The summed E-state index contributed by atoms with van der Waals surface area (Å²) in [4.78, 5) is 13.8. The minimum absolute atomic E-state index is 0.00778. The number of hydrogen-bond donors (Lipinski definition) is 1. The summed E-state index contributed by atoms with van der Waals surface area (Å²) < 4.78 is 52.2. The average Bonchev–Trinajstić information content (AvgIpc) is 3.00. The zero-order valence-electron chi connectivity index (χ0n) is 15.3. The van der Waals surface area contributed by atoms with Crippen LogP contribution in [0.15, 0.2) is 48.5 Å². The van der Waals surface area contributed by atoms with E-state index in [0.717, 1.165) is 24.2 Å². The number of likely N-dealkylation sites (tertiary alicyclic amines) is 1. The lowest BCUT2D eigenvalue weighted by molar-refractivity contribution is -0.138. The van der Waals surface area contributed by atoms with Crippen LogP contribution in [-0.4, -0.2) is 23.4 Å². The molecule has 1 heterocycles. The first-order valence-corrected chi connectivity index (χ1v) is 9.24. The number of rotatable bonds is 7. The Morgan fingerprint density at radius 3 is 2.54 bits per heavy atom. The van der Waals surface area contributed by atoms with Crippen LogP contribution in [0, 0.1) is 5.82 Å². The third-order valence-corrected chi connectivity index (χ3v) is 5.00. The van der Waals surface area contributed by atoms with Gasteiger partial charge in [-0.15, -0.1) is 0 Å². The second-order valence-electron chi connectivity index (χ2n) is 6.97. The van der Waals surface area contributed by atoms with Crippen LogP contribution in [0.1, 0.15) is 36.0 Å². The van der Waals surface area contributed by atoms with Gasteiger partial charge in [0.05, 0.1) is 5.56 Å². The maximum absolute atomic E-state index is 14.1. The first kappa shape index (κ1) is 20.3. The summed E-state index contributed by atoms with van der Waals surface area (Å²) in [6, 6.07) is 12.3. The minimum Gasteiger partial charge on any atom is -0.335 e. The Morgan fingerprint density at radius 1 is 1.11 bits per heavy atom. The number of nitrogens with one attached hydrogen (secondary N) is 1. The molecule has 3 rings (SSSR count). The molecule has 1 saturated heterocycles. The molecule has 1 fully saturated rings. The highest BCUT2D eigenvalue weighted by molar-refractivity contribution is 5.78. The average molecular weight is 394 g/mol. The standard InChI is InChI=1S/C21H22F4N2O/c22-19-12-17(21(23,24)25)7-6-16(19)14-27-18(8-9-20(27)28)10-11-26-13-15-4-2-1-3-5-15/h1-7,12,18,26H,8-11,13-14H2/t18-/m1/s1. The molecule has 28 heavy (non-hydrogen) atoms. The molecule has 0 bridgehead atoms. The molecule has 1 amide bonds. The number of amides is 1. The lowest BCUT2D eigenvalue weighted by Crippen LogP contribution is -2.35. The Hall–Kier alpha value is -2.41. The van der Waals surface area contributed by atoms with Crippen LogP contribution in [-0.2, 0) is 24.1 Å². The fourth-order valence-electron chi connectivity index (χ4n) is 3.44. The van der Waals surface area contributed by atoms with Crippen LogP contribution in [0.5, 0.6) is 0 Å². The molecule has 1 atom stereocenters. The molecule has 150 valence electrons. The Morgan fingerprint density at radius 2 is 1.86 bits per heavy atom. The molecule has 2 aromatic rings. The SMILES string of the molecule is O=C1CC[C@H](CCNCc2ccccc2)N1Cc1ccc(C(F)(F)F)cc1F.